The van der Waals surface area contributed by atoms with Gasteiger partial charge in [-0.25, -0.2) is 4.98 Å². The Morgan fingerprint density at radius 3 is 2.96 bits per heavy atom. The van der Waals surface area contributed by atoms with Crippen molar-refractivity contribution in [3.63, 3.8) is 0 Å². The van der Waals surface area contributed by atoms with Crippen molar-refractivity contribution in [2.75, 3.05) is 13.1 Å². The molecule has 0 bridgehead atoms. The third-order valence-corrected chi connectivity index (χ3v) is 5.27. The smallest absolute Gasteiger partial charge is 0.255 e. The number of rotatable bonds is 2. The van der Waals surface area contributed by atoms with E-state index in [0.29, 0.717) is 16.5 Å². The number of aromatic nitrogens is 3. The van der Waals surface area contributed by atoms with Crippen LogP contribution in [-0.4, -0.2) is 38.4 Å². The van der Waals surface area contributed by atoms with E-state index in [1.54, 1.807) is 18.5 Å². The zero-order valence-electron chi connectivity index (χ0n) is 13.6. The number of nitrogens with zero attached hydrogens (tertiary/aromatic N) is 4. The van der Waals surface area contributed by atoms with Gasteiger partial charge in [-0.15, -0.1) is 0 Å². The summed E-state index contributed by atoms with van der Waals surface area (Å²) in [5.74, 6) is 1.49. The second-order valence-electron chi connectivity index (χ2n) is 6.70. The molecular formula is C18H21ClN4O. The van der Waals surface area contributed by atoms with Crippen LogP contribution in [-0.2, 0) is 13.0 Å². The Morgan fingerprint density at radius 2 is 2.08 bits per heavy atom. The van der Waals surface area contributed by atoms with Gasteiger partial charge in [-0.05, 0) is 38.2 Å². The minimum absolute atomic E-state index is 0.0140. The lowest BCUT2D eigenvalue weighted by Gasteiger charge is -2.33. The lowest BCUT2D eigenvalue weighted by Crippen LogP contribution is -2.40. The summed E-state index contributed by atoms with van der Waals surface area (Å²) in [4.78, 5) is 23.4. The molecule has 1 saturated heterocycles. The summed E-state index contributed by atoms with van der Waals surface area (Å²) in [6.45, 7) is 2.57. The van der Waals surface area contributed by atoms with Crippen LogP contribution in [0.5, 0.6) is 0 Å². The maximum absolute atomic E-state index is 12.8. The van der Waals surface area contributed by atoms with Crippen LogP contribution in [0.25, 0.3) is 0 Å². The first-order valence-corrected chi connectivity index (χ1v) is 9.04. The fourth-order valence-electron chi connectivity index (χ4n) is 3.87. The van der Waals surface area contributed by atoms with Gasteiger partial charge in [-0.1, -0.05) is 11.6 Å². The molecule has 0 saturated carbocycles. The van der Waals surface area contributed by atoms with Crippen molar-refractivity contribution in [1.82, 2.24) is 19.4 Å². The Hall–Kier alpha value is -1.88. The molecule has 1 unspecified atom stereocenters. The Morgan fingerprint density at radius 1 is 1.17 bits per heavy atom. The molecule has 1 fully saturated rings. The molecule has 0 spiro atoms. The van der Waals surface area contributed by atoms with Crippen LogP contribution in [0.15, 0.2) is 24.7 Å². The van der Waals surface area contributed by atoms with Crippen molar-refractivity contribution in [3.05, 3.63) is 46.8 Å². The number of aryl methyl sites for hydroxylation is 1. The standard InChI is InChI=1S/C18H21ClN4O/c19-15-8-14(9-20-10-15)18(24)22-6-3-4-13(12-22)17-21-11-16-5-1-2-7-23(16)17/h8-11,13H,1-7,12H2. The van der Waals surface area contributed by atoms with Crippen LogP contribution in [0.3, 0.4) is 0 Å². The number of hydrogen-bond acceptors (Lipinski definition) is 3. The van der Waals surface area contributed by atoms with Crippen LogP contribution >= 0.6 is 11.6 Å². The number of pyridine rings is 1. The molecule has 2 aliphatic rings. The van der Waals surface area contributed by atoms with E-state index < -0.39 is 0 Å². The maximum atomic E-state index is 12.8. The predicted octanol–water partition coefficient (Wildman–Crippen LogP) is 3.29. The quantitative estimate of drug-likeness (QED) is 0.840. The summed E-state index contributed by atoms with van der Waals surface area (Å²) in [6.07, 6.45) is 10.9. The third-order valence-electron chi connectivity index (χ3n) is 5.06. The highest BCUT2D eigenvalue weighted by molar-refractivity contribution is 6.30. The lowest BCUT2D eigenvalue weighted by atomic mass is 9.96. The molecule has 0 radical (unpaired) electrons. The van der Waals surface area contributed by atoms with Crippen molar-refractivity contribution in [3.8, 4) is 0 Å². The molecule has 2 aromatic rings. The molecule has 2 aliphatic heterocycles. The molecule has 1 amide bonds. The van der Waals surface area contributed by atoms with E-state index in [9.17, 15) is 4.79 Å². The fourth-order valence-corrected chi connectivity index (χ4v) is 4.04. The van der Waals surface area contributed by atoms with Crippen LogP contribution in [0.1, 0.15) is 53.5 Å². The summed E-state index contributed by atoms with van der Waals surface area (Å²) in [5.41, 5.74) is 1.91. The van der Waals surface area contributed by atoms with Gasteiger partial charge in [-0.3, -0.25) is 9.78 Å². The van der Waals surface area contributed by atoms with Crippen molar-refractivity contribution in [2.45, 2.75) is 44.6 Å². The number of amides is 1. The summed E-state index contributed by atoms with van der Waals surface area (Å²) in [6, 6.07) is 1.69. The first-order chi connectivity index (χ1) is 11.7. The summed E-state index contributed by atoms with van der Waals surface area (Å²) in [5, 5.41) is 0.497. The van der Waals surface area contributed by atoms with Gasteiger partial charge in [0, 0.05) is 49.8 Å². The Kier molecular flexibility index (Phi) is 4.27. The zero-order valence-corrected chi connectivity index (χ0v) is 14.4. The predicted molar refractivity (Wildman–Crippen MR) is 92.3 cm³/mol. The molecule has 6 heteroatoms. The second kappa shape index (κ2) is 6.55. The van der Waals surface area contributed by atoms with Crippen molar-refractivity contribution < 1.29 is 4.79 Å². The second-order valence-corrected chi connectivity index (χ2v) is 7.14. The van der Waals surface area contributed by atoms with Gasteiger partial charge in [0.2, 0.25) is 0 Å². The summed E-state index contributed by atoms with van der Waals surface area (Å²) >= 11 is 5.97. The first kappa shape index (κ1) is 15.6. The van der Waals surface area contributed by atoms with E-state index in [1.807, 2.05) is 11.1 Å². The number of piperidine rings is 1. The largest absolute Gasteiger partial charge is 0.338 e. The van der Waals surface area contributed by atoms with Crippen molar-refractivity contribution >= 4 is 17.5 Å². The molecule has 0 aliphatic carbocycles. The lowest BCUT2D eigenvalue weighted by molar-refractivity contribution is 0.0702. The zero-order chi connectivity index (χ0) is 16.5. The number of likely N-dealkylation sites (tertiary alicyclic amines) is 1. The van der Waals surface area contributed by atoms with Gasteiger partial charge >= 0.3 is 0 Å². The van der Waals surface area contributed by atoms with Gasteiger partial charge in [-0.2, -0.15) is 0 Å². The monoisotopic (exact) mass is 344 g/mol. The number of carbonyl (C=O) groups is 1. The van der Waals surface area contributed by atoms with E-state index in [1.165, 1.54) is 18.5 Å². The van der Waals surface area contributed by atoms with Crippen LogP contribution in [0, 0.1) is 0 Å². The average Bonchev–Trinajstić information content (AvgIpc) is 3.05. The summed E-state index contributed by atoms with van der Waals surface area (Å²) in [7, 11) is 0. The number of imidazole rings is 1. The number of hydrogen-bond donors (Lipinski definition) is 0. The Balaban J connectivity index is 1.54. The van der Waals surface area contributed by atoms with Gasteiger partial charge in [0.15, 0.2) is 0 Å². The molecule has 0 N–H and O–H groups in total. The SMILES string of the molecule is O=C(c1cncc(Cl)c1)N1CCCC(c2ncc3n2CCCC3)C1. The van der Waals surface area contributed by atoms with Crippen LogP contribution < -0.4 is 0 Å². The highest BCUT2D eigenvalue weighted by atomic mass is 35.5. The summed E-state index contributed by atoms with van der Waals surface area (Å²) < 4.78 is 2.38. The maximum Gasteiger partial charge on any atom is 0.255 e. The van der Waals surface area contributed by atoms with Crippen molar-refractivity contribution in [2.24, 2.45) is 0 Å². The number of carbonyl (C=O) groups excluding carboxylic acids is 1. The van der Waals surface area contributed by atoms with E-state index in [2.05, 4.69) is 9.55 Å². The molecule has 5 nitrogen and oxygen atoms in total. The molecule has 126 valence electrons. The molecular weight excluding hydrogens is 324 g/mol. The van der Waals surface area contributed by atoms with Crippen LogP contribution in [0.2, 0.25) is 5.02 Å². The number of fused-ring (bicyclic) bond motifs is 1. The molecule has 2 aromatic heterocycles. The normalized spacial score (nSPS) is 20.7. The molecule has 0 aromatic carbocycles. The van der Waals surface area contributed by atoms with Gasteiger partial charge in [0.25, 0.3) is 5.91 Å². The van der Waals surface area contributed by atoms with Gasteiger partial charge < -0.3 is 9.47 Å². The Bertz CT molecular complexity index is 757. The van der Waals surface area contributed by atoms with E-state index >= 15 is 0 Å². The topological polar surface area (TPSA) is 51.0 Å². The fraction of sp³-hybridized carbons (Fsp3) is 0.500. The van der Waals surface area contributed by atoms with Crippen LogP contribution in [0.4, 0.5) is 0 Å². The van der Waals surface area contributed by atoms with E-state index in [0.717, 1.165) is 44.7 Å². The molecule has 4 heterocycles. The molecule has 1 atom stereocenters. The minimum Gasteiger partial charge on any atom is -0.338 e. The first-order valence-electron chi connectivity index (χ1n) is 8.66. The Labute approximate surface area is 146 Å². The molecule has 4 rings (SSSR count). The van der Waals surface area contributed by atoms with Gasteiger partial charge in [0.1, 0.15) is 5.82 Å². The molecule has 24 heavy (non-hydrogen) atoms. The minimum atomic E-state index is 0.0140. The highest BCUT2D eigenvalue weighted by Gasteiger charge is 2.29. The van der Waals surface area contributed by atoms with E-state index in [-0.39, 0.29) is 5.91 Å². The highest BCUT2D eigenvalue weighted by Crippen LogP contribution is 2.29. The third kappa shape index (κ3) is 2.93. The average molecular weight is 345 g/mol. The van der Waals surface area contributed by atoms with Gasteiger partial charge in [0.05, 0.1) is 10.6 Å². The van der Waals surface area contributed by atoms with E-state index in [4.69, 9.17) is 16.6 Å². The number of halogens is 1. The van der Waals surface area contributed by atoms with Crippen molar-refractivity contribution in [1.29, 1.82) is 0 Å².